The van der Waals surface area contributed by atoms with Crippen molar-refractivity contribution in [3.05, 3.63) is 36.4 Å². The van der Waals surface area contributed by atoms with Crippen LogP contribution in [-0.2, 0) is 17.1 Å². The molecule has 0 unspecified atom stereocenters. The van der Waals surface area contributed by atoms with E-state index in [1.165, 1.54) is 10.9 Å². The van der Waals surface area contributed by atoms with Crippen LogP contribution in [0.25, 0.3) is 10.8 Å². The molecule has 3 aromatic rings. The molecule has 0 aliphatic carbocycles. The number of nitrogens with zero attached hydrogens (tertiary/aromatic N) is 4. The van der Waals surface area contributed by atoms with Crippen LogP contribution in [0.1, 0.15) is 0 Å². The molecule has 3 N–H and O–H groups in total. The summed E-state index contributed by atoms with van der Waals surface area (Å²) in [7, 11) is -2.26. The van der Waals surface area contributed by atoms with Crippen molar-refractivity contribution in [3.8, 4) is 0 Å². The van der Waals surface area contributed by atoms with Gasteiger partial charge < -0.3 is 5.73 Å². The van der Waals surface area contributed by atoms with E-state index in [0.717, 1.165) is 5.39 Å². The highest BCUT2D eigenvalue weighted by molar-refractivity contribution is 7.93. The summed E-state index contributed by atoms with van der Waals surface area (Å²) in [5, 5.41) is 12.3. The summed E-state index contributed by atoms with van der Waals surface area (Å²) in [5.41, 5.74) is 6.28. The maximum absolute atomic E-state index is 12.5. The number of fused-ring (bicyclic) bond motifs is 1. The second-order valence-electron chi connectivity index (χ2n) is 4.44. The molecule has 0 spiro atoms. The van der Waals surface area contributed by atoms with Crippen molar-refractivity contribution < 1.29 is 8.42 Å². The minimum atomic E-state index is -3.81. The lowest BCUT2D eigenvalue weighted by Gasteiger charge is -2.08. The number of rotatable bonds is 3. The molecule has 21 heavy (non-hydrogen) atoms. The fourth-order valence-electron chi connectivity index (χ4n) is 2.01. The quantitative estimate of drug-likeness (QED) is 0.690. The van der Waals surface area contributed by atoms with Crippen LogP contribution in [-0.4, -0.2) is 28.6 Å². The van der Waals surface area contributed by atoms with Crippen LogP contribution in [0.4, 0.5) is 11.6 Å². The molecule has 0 amide bonds. The number of nitrogens with one attached hydrogen (secondary N) is 1. The van der Waals surface area contributed by atoms with Gasteiger partial charge in [0.25, 0.3) is 16.0 Å². The molecular formula is C12H12N6O2S. The number of nitrogen functional groups attached to an aromatic ring is 1. The Morgan fingerprint density at radius 1 is 1.24 bits per heavy atom. The molecule has 9 heteroatoms. The van der Waals surface area contributed by atoms with Crippen molar-refractivity contribution in [2.45, 2.75) is 4.90 Å². The molecule has 8 nitrogen and oxygen atoms in total. The van der Waals surface area contributed by atoms with Crippen LogP contribution in [0.3, 0.4) is 0 Å². The van der Waals surface area contributed by atoms with E-state index in [1.807, 2.05) is 0 Å². The van der Waals surface area contributed by atoms with Gasteiger partial charge in [0.05, 0.1) is 11.9 Å². The van der Waals surface area contributed by atoms with E-state index in [0.29, 0.717) is 11.1 Å². The minimum Gasteiger partial charge on any atom is -0.399 e. The summed E-state index contributed by atoms with van der Waals surface area (Å²) in [6.07, 6.45) is 0. The van der Waals surface area contributed by atoms with E-state index in [-0.39, 0.29) is 10.8 Å². The maximum Gasteiger partial charge on any atom is 0.277 e. The molecule has 0 radical (unpaired) electrons. The van der Waals surface area contributed by atoms with Crippen LogP contribution < -0.4 is 10.5 Å². The predicted octanol–water partition coefficient (Wildman–Crippen LogP) is 0.746. The zero-order valence-corrected chi connectivity index (χ0v) is 11.9. The Hall–Kier alpha value is -2.68. The van der Waals surface area contributed by atoms with Gasteiger partial charge in [-0.05, 0) is 28.8 Å². The molecule has 1 aromatic heterocycles. The average molecular weight is 304 g/mol. The highest BCUT2D eigenvalue weighted by atomic mass is 32.2. The van der Waals surface area contributed by atoms with Gasteiger partial charge >= 0.3 is 0 Å². The Labute approximate surface area is 120 Å². The lowest BCUT2D eigenvalue weighted by atomic mass is 10.1. The number of tetrazole rings is 1. The first-order valence-corrected chi connectivity index (χ1v) is 7.49. The van der Waals surface area contributed by atoms with Crippen molar-refractivity contribution >= 4 is 32.4 Å². The van der Waals surface area contributed by atoms with Gasteiger partial charge in [-0.3, -0.25) is 0 Å². The first-order valence-electron chi connectivity index (χ1n) is 6.01. The third-order valence-corrected chi connectivity index (χ3v) is 4.27. The molecule has 2 aromatic carbocycles. The Balaban J connectivity index is 2.10. The van der Waals surface area contributed by atoms with E-state index in [9.17, 15) is 8.42 Å². The summed E-state index contributed by atoms with van der Waals surface area (Å²) < 4.78 is 27.2. The van der Waals surface area contributed by atoms with E-state index in [1.54, 1.807) is 37.4 Å². The van der Waals surface area contributed by atoms with Gasteiger partial charge in [0.2, 0.25) is 0 Å². The standard InChI is InChI=1S/C12H12N6O2S/c1-18-15-12(14-17-18)16-21(19,20)11-4-2-3-8-7-9(13)5-6-10(8)11/h2-7H,13H2,1H3,(H,15,16). The average Bonchev–Trinajstić information content (AvgIpc) is 2.82. The van der Waals surface area contributed by atoms with E-state index < -0.39 is 10.0 Å². The molecule has 1 heterocycles. The lowest BCUT2D eigenvalue weighted by Crippen LogP contribution is -2.14. The first-order chi connectivity index (χ1) is 9.95. The number of hydrogen-bond acceptors (Lipinski definition) is 6. The van der Waals surface area contributed by atoms with Crippen LogP contribution in [0.2, 0.25) is 0 Å². The number of hydrogen-bond donors (Lipinski definition) is 2. The number of nitrogens with two attached hydrogens (primary N) is 1. The van der Waals surface area contributed by atoms with E-state index in [2.05, 4.69) is 20.1 Å². The van der Waals surface area contributed by atoms with Crippen LogP contribution in [0.5, 0.6) is 0 Å². The fraction of sp³-hybridized carbons (Fsp3) is 0.0833. The monoisotopic (exact) mass is 304 g/mol. The minimum absolute atomic E-state index is 0.0788. The Bertz CT molecular complexity index is 918. The van der Waals surface area contributed by atoms with Crippen molar-refractivity contribution in [1.29, 1.82) is 0 Å². The third kappa shape index (κ3) is 2.50. The van der Waals surface area contributed by atoms with Crippen LogP contribution >= 0.6 is 0 Å². The number of sulfonamides is 1. The summed E-state index contributed by atoms with van der Waals surface area (Å²) in [4.78, 5) is 1.30. The lowest BCUT2D eigenvalue weighted by molar-refractivity contribution is 0.601. The summed E-state index contributed by atoms with van der Waals surface area (Å²) in [5.74, 6) is -0.0788. The van der Waals surface area contributed by atoms with E-state index >= 15 is 0 Å². The summed E-state index contributed by atoms with van der Waals surface area (Å²) >= 11 is 0. The first kappa shape index (κ1) is 13.3. The Morgan fingerprint density at radius 3 is 2.76 bits per heavy atom. The molecule has 0 aliphatic heterocycles. The molecule has 108 valence electrons. The molecule has 0 fully saturated rings. The number of anilines is 2. The molecule has 0 saturated heterocycles. The van der Waals surface area contributed by atoms with Gasteiger partial charge in [0.15, 0.2) is 0 Å². The SMILES string of the molecule is Cn1nnc(NS(=O)(=O)c2cccc3cc(N)ccc23)n1. The molecule has 0 atom stereocenters. The topological polar surface area (TPSA) is 116 Å². The molecule has 3 rings (SSSR count). The summed E-state index contributed by atoms with van der Waals surface area (Å²) in [6, 6.07) is 10.0. The zero-order valence-electron chi connectivity index (χ0n) is 11.1. The highest BCUT2D eigenvalue weighted by Crippen LogP contribution is 2.25. The van der Waals surface area contributed by atoms with Gasteiger partial charge in [-0.1, -0.05) is 23.3 Å². The maximum atomic E-state index is 12.5. The molecular weight excluding hydrogens is 292 g/mol. The largest absolute Gasteiger partial charge is 0.399 e. The van der Waals surface area contributed by atoms with Gasteiger partial charge in [-0.25, -0.2) is 13.1 Å². The van der Waals surface area contributed by atoms with Crippen molar-refractivity contribution in [1.82, 2.24) is 20.2 Å². The Morgan fingerprint density at radius 2 is 2.05 bits per heavy atom. The number of benzene rings is 2. The van der Waals surface area contributed by atoms with Crippen molar-refractivity contribution in [3.63, 3.8) is 0 Å². The molecule has 0 saturated carbocycles. The second-order valence-corrected chi connectivity index (χ2v) is 6.10. The molecule has 0 bridgehead atoms. The van der Waals surface area contributed by atoms with Gasteiger partial charge in [0, 0.05) is 11.1 Å². The normalized spacial score (nSPS) is 11.7. The Kier molecular flexibility index (Phi) is 2.98. The fourth-order valence-corrected chi connectivity index (χ4v) is 3.17. The van der Waals surface area contributed by atoms with Gasteiger partial charge in [0.1, 0.15) is 0 Å². The molecule has 0 aliphatic rings. The van der Waals surface area contributed by atoms with Crippen molar-refractivity contribution in [2.24, 2.45) is 7.05 Å². The second kappa shape index (κ2) is 4.70. The van der Waals surface area contributed by atoms with Crippen molar-refractivity contribution in [2.75, 3.05) is 10.5 Å². The number of aromatic nitrogens is 4. The van der Waals surface area contributed by atoms with Gasteiger partial charge in [-0.15, -0.1) is 5.10 Å². The van der Waals surface area contributed by atoms with Crippen LogP contribution in [0.15, 0.2) is 41.3 Å². The van der Waals surface area contributed by atoms with Crippen LogP contribution in [0, 0.1) is 0 Å². The smallest absolute Gasteiger partial charge is 0.277 e. The van der Waals surface area contributed by atoms with E-state index in [4.69, 9.17) is 5.73 Å². The zero-order chi connectivity index (χ0) is 15.0. The highest BCUT2D eigenvalue weighted by Gasteiger charge is 2.19. The van der Waals surface area contributed by atoms with Gasteiger partial charge in [-0.2, -0.15) is 4.80 Å². The predicted molar refractivity (Wildman–Crippen MR) is 78.0 cm³/mol. The summed E-state index contributed by atoms with van der Waals surface area (Å²) in [6.45, 7) is 0. The third-order valence-electron chi connectivity index (χ3n) is 2.89. The number of aryl methyl sites for hydroxylation is 1.